The van der Waals surface area contributed by atoms with Gasteiger partial charge in [-0.25, -0.2) is 0 Å². The minimum absolute atomic E-state index is 0.165. The van der Waals surface area contributed by atoms with Crippen LogP contribution < -0.4 is 10.6 Å². The standard InChI is InChI=1S/C33H28ClN3O2/c34-26-19-20-28(27(22-26)32(38)25-13-5-2-6-14-25)36-30(18-7-12-23-10-3-1-4-11-23)33(39)37-29-17-8-15-24-16-9-21-35-31(24)29/h1-6,8-11,13-17,19-22,30,36H,7,12,18H2,(H,37,39). The summed E-state index contributed by atoms with van der Waals surface area (Å²) in [5.74, 6) is -0.364. The molecule has 0 aliphatic heterocycles. The molecule has 0 radical (unpaired) electrons. The molecule has 0 saturated carbocycles. The summed E-state index contributed by atoms with van der Waals surface area (Å²) in [6.45, 7) is 0. The number of hydrogen-bond donors (Lipinski definition) is 2. The molecule has 5 nitrogen and oxygen atoms in total. The Morgan fingerprint density at radius 3 is 2.33 bits per heavy atom. The van der Waals surface area contributed by atoms with E-state index in [2.05, 4.69) is 27.8 Å². The van der Waals surface area contributed by atoms with E-state index in [4.69, 9.17) is 11.6 Å². The Balaban J connectivity index is 1.42. The largest absolute Gasteiger partial charge is 0.373 e. The third kappa shape index (κ3) is 6.51. The van der Waals surface area contributed by atoms with Crippen LogP contribution in [-0.2, 0) is 11.2 Å². The van der Waals surface area contributed by atoms with E-state index in [1.807, 2.05) is 66.7 Å². The van der Waals surface area contributed by atoms with Gasteiger partial charge in [-0.05, 0) is 55.2 Å². The van der Waals surface area contributed by atoms with Crippen molar-refractivity contribution >= 4 is 45.6 Å². The fourth-order valence-electron chi connectivity index (χ4n) is 4.61. The number of ketones is 1. The number of hydrogen-bond acceptors (Lipinski definition) is 4. The van der Waals surface area contributed by atoms with Gasteiger partial charge in [0.05, 0.1) is 11.2 Å². The second kappa shape index (κ2) is 12.4. The number of nitrogens with zero attached hydrogens (tertiary/aromatic N) is 1. The first-order chi connectivity index (χ1) is 19.1. The predicted molar refractivity (Wildman–Crippen MR) is 158 cm³/mol. The SMILES string of the molecule is O=C(c1ccccc1)c1cc(Cl)ccc1NC(CCCc1ccccc1)C(=O)Nc1cccc2cccnc12. The molecule has 0 bridgehead atoms. The van der Waals surface area contributed by atoms with Crippen LogP contribution in [0.2, 0.25) is 5.02 Å². The molecule has 5 rings (SSSR count). The Morgan fingerprint density at radius 1 is 0.795 bits per heavy atom. The normalized spacial score (nSPS) is 11.6. The zero-order valence-corrected chi connectivity index (χ0v) is 22.1. The number of carbonyl (C=O) groups excluding carboxylic acids is 2. The van der Waals surface area contributed by atoms with E-state index in [0.717, 1.165) is 23.7 Å². The first kappa shape index (κ1) is 26.1. The zero-order chi connectivity index (χ0) is 27.0. The molecular weight excluding hydrogens is 506 g/mol. The van der Waals surface area contributed by atoms with E-state index in [0.29, 0.717) is 33.9 Å². The molecule has 0 spiro atoms. The highest BCUT2D eigenvalue weighted by Crippen LogP contribution is 2.26. The van der Waals surface area contributed by atoms with Gasteiger partial charge in [-0.1, -0.05) is 90.5 Å². The maximum Gasteiger partial charge on any atom is 0.246 e. The quantitative estimate of drug-likeness (QED) is 0.182. The highest BCUT2D eigenvalue weighted by atomic mass is 35.5. The van der Waals surface area contributed by atoms with Crippen LogP contribution >= 0.6 is 11.6 Å². The summed E-state index contributed by atoms with van der Waals surface area (Å²) in [7, 11) is 0. The first-order valence-electron chi connectivity index (χ1n) is 12.9. The van der Waals surface area contributed by atoms with Gasteiger partial charge in [0.25, 0.3) is 0 Å². The summed E-state index contributed by atoms with van der Waals surface area (Å²) < 4.78 is 0. The third-order valence-electron chi connectivity index (χ3n) is 6.60. The van der Waals surface area contributed by atoms with Crippen molar-refractivity contribution in [3.63, 3.8) is 0 Å². The van der Waals surface area contributed by atoms with E-state index in [-0.39, 0.29) is 11.7 Å². The Kier molecular flexibility index (Phi) is 8.29. The van der Waals surface area contributed by atoms with Gasteiger partial charge in [-0.3, -0.25) is 14.6 Å². The highest BCUT2D eigenvalue weighted by molar-refractivity contribution is 6.31. The molecule has 194 valence electrons. The molecule has 1 atom stereocenters. The number of benzene rings is 4. The second-order valence-electron chi connectivity index (χ2n) is 9.33. The van der Waals surface area contributed by atoms with Gasteiger partial charge in [0.2, 0.25) is 5.91 Å². The predicted octanol–water partition coefficient (Wildman–Crippen LogP) is 7.56. The van der Waals surface area contributed by atoms with Gasteiger partial charge in [0, 0.05) is 33.4 Å². The van der Waals surface area contributed by atoms with Crippen molar-refractivity contribution in [2.24, 2.45) is 0 Å². The van der Waals surface area contributed by atoms with Crippen molar-refractivity contribution in [3.8, 4) is 0 Å². The van der Waals surface area contributed by atoms with Gasteiger partial charge in [-0.15, -0.1) is 0 Å². The molecule has 1 amide bonds. The molecule has 0 aliphatic carbocycles. The van der Waals surface area contributed by atoms with Gasteiger partial charge in [-0.2, -0.15) is 0 Å². The lowest BCUT2D eigenvalue weighted by molar-refractivity contribution is -0.117. The third-order valence-corrected chi connectivity index (χ3v) is 6.84. The van der Waals surface area contributed by atoms with E-state index in [1.165, 1.54) is 5.56 Å². The zero-order valence-electron chi connectivity index (χ0n) is 21.3. The molecule has 1 aromatic heterocycles. The fourth-order valence-corrected chi connectivity index (χ4v) is 4.78. The number of aryl methyl sites for hydroxylation is 1. The van der Waals surface area contributed by atoms with Gasteiger partial charge < -0.3 is 10.6 Å². The minimum atomic E-state index is -0.601. The highest BCUT2D eigenvalue weighted by Gasteiger charge is 2.23. The number of carbonyl (C=O) groups is 2. The van der Waals surface area contributed by atoms with Crippen LogP contribution in [0.4, 0.5) is 11.4 Å². The number of aromatic nitrogens is 1. The van der Waals surface area contributed by atoms with Crippen molar-refractivity contribution in [1.29, 1.82) is 0 Å². The maximum absolute atomic E-state index is 13.7. The van der Waals surface area contributed by atoms with Crippen LogP contribution in [0.1, 0.15) is 34.3 Å². The van der Waals surface area contributed by atoms with Gasteiger partial charge in [0.15, 0.2) is 5.78 Å². The lowest BCUT2D eigenvalue weighted by Crippen LogP contribution is -2.35. The lowest BCUT2D eigenvalue weighted by atomic mass is 9.99. The lowest BCUT2D eigenvalue weighted by Gasteiger charge is -2.22. The average molecular weight is 534 g/mol. The number of para-hydroxylation sites is 1. The van der Waals surface area contributed by atoms with E-state index in [1.54, 1.807) is 36.5 Å². The van der Waals surface area contributed by atoms with Crippen LogP contribution in [0.3, 0.4) is 0 Å². The molecule has 6 heteroatoms. The number of pyridine rings is 1. The number of halogens is 1. The number of anilines is 2. The average Bonchev–Trinajstić information content (AvgIpc) is 2.98. The number of fused-ring (bicyclic) bond motifs is 1. The van der Waals surface area contributed by atoms with Crippen LogP contribution in [0.25, 0.3) is 10.9 Å². The molecule has 1 heterocycles. The van der Waals surface area contributed by atoms with Crippen molar-refractivity contribution in [1.82, 2.24) is 4.98 Å². The van der Waals surface area contributed by atoms with Crippen LogP contribution in [-0.4, -0.2) is 22.7 Å². The van der Waals surface area contributed by atoms with Crippen molar-refractivity contribution < 1.29 is 9.59 Å². The van der Waals surface area contributed by atoms with Crippen molar-refractivity contribution in [3.05, 3.63) is 137 Å². The van der Waals surface area contributed by atoms with E-state index < -0.39 is 6.04 Å². The molecule has 2 N–H and O–H groups in total. The smallest absolute Gasteiger partial charge is 0.246 e. The van der Waals surface area contributed by atoms with Crippen LogP contribution in [0.5, 0.6) is 0 Å². The Labute approximate surface area is 232 Å². The Bertz CT molecular complexity index is 1580. The van der Waals surface area contributed by atoms with Gasteiger partial charge >= 0.3 is 0 Å². The maximum atomic E-state index is 13.7. The molecule has 1 unspecified atom stereocenters. The summed E-state index contributed by atoms with van der Waals surface area (Å²) in [5.41, 5.74) is 4.11. The molecule has 0 saturated heterocycles. The first-order valence-corrected chi connectivity index (χ1v) is 13.3. The summed E-state index contributed by atoms with van der Waals surface area (Å²) in [6.07, 6.45) is 3.88. The summed E-state index contributed by atoms with van der Waals surface area (Å²) in [4.78, 5) is 31.6. The molecular formula is C33H28ClN3O2. The molecule has 0 aliphatic rings. The second-order valence-corrected chi connectivity index (χ2v) is 9.77. The Morgan fingerprint density at radius 2 is 1.54 bits per heavy atom. The number of nitrogens with one attached hydrogen (secondary N) is 2. The summed E-state index contributed by atoms with van der Waals surface area (Å²) >= 11 is 6.30. The van der Waals surface area contributed by atoms with E-state index >= 15 is 0 Å². The topological polar surface area (TPSA) is 71.1 Å². The number of amides is 1. The van der Waals surface area contributed by atoms with Crippen molar-refractivity contribution in [2.45, 2.75) is 25.3 Å². The molecule has 39 heavy (non-hydrogen) atoms. The van der Waals surface area contributed by atoms with Crippen LogP contribution in [0, 0.1) is 0 Å². The van der Waals surface area contributed by atoms with E-state index in [9.17, 15) is 9.59 Å². The van der Waals surface area contributed by atoms with Crippen LogP contribution in [0.15, 0.2) is 115 Å². The monoisotopic (exact) mass is 533 g/mol. The fraction of sp³-hybridized carbons (Fsp3) is 0.121. The van der Waals surface area contributed by atoms with Crippen molar-refractivity contribution in [2.75, 3.05) is 10.6 Å². The number of rotatable bonds is 10. The Hall–Kier alpha value is -4.48. The molecule has 0 fully saturated rings. The minimum Gasteiger partial charge on any atom is -0.373 e. The summed E-state index contributed by atoms with van der Waals surface area (Å²) in [5, 5.41) is 7.83. The van der Waals surface area contributed by atoms with Gasteiger partial charge in [0.1, 0.15) is 6.04 Å². The molecule has 5 aromatic rings. The summed E-state index contributed by atoms with van der Waals surface area (Å²) in [6, 6.07) is 33.3. The molecule has 4 aromatic carbocycles.